The predicted molar refractivity (Wildman–Crippen MR) is 139 cm³/mol. The molecule has 0 spiro atoms. The van der Waals surface area contributed by atoms with Gasteiger partial charge in [-0.2, -0.15) is 26.3 Å². The van der Waals surface area contributed by atoms with Gasteiger partial charge in [0.25, 0.3) is 0 Å². The van der Waals surface area contributed by atoms with Crippen LogP contribution >= 0.6 is 0 Å². The largest absolute Gasteiger partial charge is 0.397 e. The fourth-order valence-corrected chi connectivity index (χ4v) is 3.69. The molecule has 36 heavy (non-hydrogen) atoms. The maximum absolute atomic E-state index is 8.72. The molecule has 0 amide bonds. The molecule has 0 fully saturated rings. The SMILES string of the molecule is CC#N.CCO.N#Cc1ccc(C#N)c(C#N)c1C#N.c1cc2ccc3cccc4ccc(c1)c2c34. The minimum absolute atomic E-state index is 0.0333. The summed E-state index contributed by atoms with van der Waals surface area (Å²) in [4.78, 5) is 0. The van der Waals surface area contributed by atoms with Gasteiger partial charge in [-0.1, -0.05) is 60.7 Å². The Morgan fingerprint density at radius 1 is 0.556 bits per heavy atom. The van der Waals surface area contributed by atoms with Gasteiger partial charge < -0.3 is 5.11 Å². The minimum atomic E-state index is -0.0333. The van der Waals surface area contributed by atoms with Gasteiger partial charge in [0.2, 0.25) is 0 Å². The lowest BCUT2D eigenvalue weighted by Crippen LogP contribution is -1.93. The first-order valence-corrected chi connectivity index (χ1v) is 10.9. The Labute approximate surface area is 209 Å². The average molecular weight is 468 g/mol. The Bertz CT molecular complexity index is 1520. The monoisotopic (exact) mass is 467 g/mol. The molecule has 5 rings (SSSR count). The van der Waals surface area contributed by atoms with Crippen molar-refractivity contribution in [1.82, 2.24) is 0 Å². The van der Waals surface area contributed by atoms with Gasteiger partial charge in [-0.05, 0) is 51.4 Å². The van der Waals surface area contributed by atoms with Crippen molar-refractivity contribution in [3.05, 3.63) is 95.1 Å². The molecule has 0 aromatic heterocycles. The van der Waals surface area contributed by atoms with Crippen LogP contribution in [-0.2, 0) is 0 Å². The van der Waals surface area contributed by atoms with Crippen molar-refractivity contribution in [2.45, 2.75) is 13.8 Å². The number of aliphatic hydroxyl groups excluding tert-OH is 1. The quantitative estimate of drug-likeness (QED) is 0.266. The molecular weight excluding hydrogens is 446 g/mol. The second-order valence-electron chi connectivity index (χ2n) is 7.19. The molecule has 0 heterocycles. The van der Waals surface area contributed by atoms with Gasteiger partial charge in [0.05, 0.1) is 28.3 Å². The molecule has 0 aliphatic heterocycles. The van der Waals surface area contributed by atoms with Crippen molar-refractivity contribution in [2.75, 3.05) is 6.61 Å². The van der Waals surface area contributed by atoms with E-state index in [1.54, 1.807) is 37.3 Å². The third-order valence-electron chi connectivity index (χ3n) is 5.06. The highest BCUT2D eigenvalue weighted by Gasteiger charge is 2.12. The number of benzene rings is 5. The molecule has 0 saturated heterocycles. The summed E-state index contributed by atoms with van der Waals surface area (Å²) in [5, 5.41) is 57.7. The van der Waals surface area contributed by atoms with Crippen LogP contribution in [0.2, 0.25) is 0 Å². The van der Waals surface area contributed by atoms with Crippen LogP contribution in [0, 0.1) is 56.7 Å². The molecule has 172 valence electrons. The normalized spacial score (nSPS) is 8.94. The molecule has 6 heteroatoms. The molecule has 0 unspecified atom stereocenters. The Morgan fingerprint density at radius 2 is 0.833 bits per heavy atom. The van der Waals surface area contributed by atoms with Crippen molar-refractivity contribution in [1.29, 1.82) is 26.3 Å². The zero-order valence-corrected chi connectivity index (χ0v) is 19.8. The Hall–Kier alpha value is -5.45. The van der Waals surface area contributed by atoms with Gasteiger partial charge in [-0.15, -0.1) is 0 Å². The van der Waals surface area contributed by atoms with E-state index >= 15 is 0 Å². The van der Waals surface area contributed by atoms with Crippen molar-refractivity contribution in [2.24, 2.45) is 0 Å². The Morgan fingerprint density at radius 3 is 1.06 bits per heavy atom. The summed E-state index contributed by atoms with van der Waals surface area (Å²) in [5.74, 6) is 0. The van der Waals surface area contributed by atoms with E-state index in [2.05, 4.69) is 60.7 Å². The Balaban J connectivity index is 0.000000211. The first-order chi connectivity index (χ1) is 17.5. The molecule has 0 radical (unpaired) electrons. The van der Waals surface area contributed by atoms with E-state index in [1.807, 2.05) is 0 Å². The minimum Gasteiger partial charge on any atom is -0.397 e. The summed E-state index contributed by atoms with van der Waals surface area (Å²) in [6.45, 7) is 3.36. The summed E-state index contributed by atoms with van der Waals surface area (Å²) in [6, 6.07) is 33.4. The summed E-state index contributed by atoms with van der Waals surface area (Å²) in [5.41, 5.74) is 0.161. The predicted octanol–water partition coefficient (Wildman–Crippen LogP) is 6.29. The highest BCUT2D eigenvalue weighted by molar-refractivity contribution is 6.22. The summed E-state index contributed by atoms with van der Waals surface area (Å²) in [7, 11) is 0. The highest BCUT2D eigenvalue weighted by Crippen LogP contribution is 2.33. The smallest absolute Gasteiger partial charge is 0.102 e. The van der Waals surface area contributed by atoms with E-state index < -0.39 is 0 Å². The van der Waals surface area contributed by atoms with Crippen molar-refractivity contribution < 1.29 is 5.11 Å². The molecule has 5 aromatic carbocycles. The van der Waals surface area contributed by atoms with E-state index in [-0.39, 0.29) is 28.9 Å². The molecule has 0 atom stereocenters. The van der Waals surface area contributed by atoms with Gasteiger partial charge in [-0.25, -0.2) is 0 Å². The first kappa shape index (κ1) is 26.8. The molecule has 0 aliphatic rings. The highest BCUT2D eigenvalue weighted by atomic mass is 16.2. The molecular formula is C30H21N5O. The van der Waals surface area contributed by atoms with Gasteiger partial charge >= 0.3 is 0 Å². The van der Waals surface area contributed by atoms with Crippen LogP contribution < -0.4 is 0 Å². The second kappa shape index (κ2) is 13.3. The van der Waals surface area contributed by atoms with Gasteiger partial charge in [0.15, 0.2) is 0 Å². The number of hydrogen-bond acceptors (Lipinski definition) is 6. The van der Waals surface area contributed by atoms with Crippen LogP contribution in [0.1, 0.15) is 36.1 Å². The molecule has 1 N–H and O–H groups in total. The fourth-order valence-electron chi connectivity index (χ4n) is 3.69. The molecule has 5 aromatic rings. The average Bonchev–Trinajstić information content (AvgIpc) is 2.92. The fraction of sp³-hybridized carbons (Fsp3) is 0.100. The van der Waals surface area contributed by atoms with Gasteiger partial charge in [0.1, 0.15) is 24.3 Å². The van der Waals surface area contributed by atoms with Crippen LogP contribution in [-0.4, -0.2) is 11.7 Å². The van der Waals surface area contributed by atoms with E-state index in [1.165, 1.54) is 51.4 Å². The molecule has 6 nitrogen and oxygen atoms in total. The third-order valence-corrected chi connectivity index (χ3v) is 5.06. The zero-order valence-electron chi connectivity index (χ0n) is 19.8. The lowest BCUT2D eigenvalue weighted by Gasteiger charge is -2.09. The van der Waals surface area contributed by atoms with Gasteiger partial charge in [0, 0.05) is 13.5 Å². The molecule has 0 aliphatic carbocycles. The molecule has 0 saturated carbocycles. The van der Waals surface area contributed by atoms with E-state index in [0.29, 0.717) is 0 Å². The van der Waals surface area contributed by atoms with Crippen molar-refractivity contribution in [3.63, 3.8) is 0 Å². The summed E-state index contributed by atoms with van der Waals surface area (Å²) < 4.78 is 0. The number of nitriles is 5. The van der Waals surface area contributed by atoms with Crippen LogP contribution in [0.4, 0.5) is 0 Å². The van der Waals surface area contributed by atoms with Crippen LogP contribution in [0.15, 0.2) is 72.8 Å². The number of nitrogens with zero attached hydrogens (tertiary/aromatic N) is 5. The topological polar surface area (TPSA) is 139 Å². The van der Waals surface area contributed by atoms with Gasteiger partial charge in [-0.3, -0.25) is 0 Å². The first-order valence-electron chi connectivity index (χ1n) is 10.9. The Kier molecular flexibility index (Phi) is 9.90. The third kappa shape index (κ3) is 5.72. The van der Waals surface area contributed by atoms with E-state index in [9.17, 15) is 0 Å². The maximum atomic E-state index is 8.72. The summed E-state index contributed by atoms with van der Waals surface area (Å²) >= 11 is 0. The van der Waals surface area contributed by atoms with Crippen LogP contribution in [0.3, 0.4) is 0 Å². The summed E-state index contributed by atoms with van der Waals surface area (Å²) in [6.07, 6.45) is 0. The zero-order chi connectivity index (χ0) is 26.5. The van der Waals surface area contributed by atoms with E-state index in [0.717, 1.165) is 0 Å². The van der Waals surface area contributed by atoms with E-state index in [4.69, 9.17) is 31.4 Å². The standard InChI is InChI=1S/C16H10.C10H2N4.C2H3N.C2H6O/c1-3-11-7-9-13-5-2-6-14-10-8-12(4-1)15(11)16(13)14;11-3-7-1-2-8(4-12)10(6-14)9(7)5-13;2*1-2-3/h1-10H;1-2H;1H3;3H,2H2,1H3. The second-order valence-corrected chi connectivity index (χ2v) is 7.19. The van der Waals surface area contributed by atoms with Crippen molar-refractivity contribution in [3.8, 4) is 30.3 Å². The molecule has 0 bridgehead atoms. The van der Waals surface area contributed by atoms with Crippen molar-refractivity contribution >= 4 is 32.3 Å². The lowest BCUT2D eigenvalue weighted by atomic mass is 9.95. The van der Waals surface area contributed by atoms with Crippen LogP contribution in [0.5, 0.6) is 0 Å². The number of aliphatic hydroxyl groups is 1. The van der Waals surface area contributed by atoms with Crippen LogP contribution in [0.25, 0.3) is 32.3 Å². The number of rotatable bonds is 0. The lowest BCUT2D eigenvalue weighted by molar-refractivity contribution is 0.318. The maximum Gasteiger partial charge on any atom is 0.102 e. The number of hydrogen-bond donors (Lipinski definition) is 1.